The lowest BCUT2D eigenvalue weighted by Gasteiger charge is -2.32. The summed E-state index contributed by atoms with van der Waals surface area (Å²) in [6.45, 7) is 3.15. The first kappa shape index (κ1) is 27.2. The molecule has 11 nitrogen and oxygen atoms in total. The maximum Gasteiger partial charge on any atom is 0.290 e. The molecular formula is C28H29N9O2S. The minimum Gasteiger partial charge on any atom is -0.363 e. The Labute approximate surface area is 236 Å². The predicted molar refractivity (Wildman–Crippen MR) is 154 cm³/mol. The van der Waals surface area contributed by atoms with Gasteiger partial charge in [-0.05, 0) is 73.0 Å². The fourth-order valence-electron chi connectivity index (χ4n) is 4.62. The van der Waals surface area contributed by atoms with Crippen LogP contribution in [0, 0.1) is 17.2 Å². The second kappa shape index (κ2) is 12.2. The van der Waals surface area contributed by atoms with E-state index in [0.29, 0.717) is 40.3 Å². The number of pyridine rings is 2. The Balaban J connectivity index is 1.12. The van der Waals surface area contributed by atoms with Crippen LogP contribution in [0.3, 0.4) is 0 Å². The molecule has 2 amide bonds. The molecule has 0 radical (unpaired) electrons. The fraction of sp³-hybridized carbons (Fsp3) is 0.321. The molecule has 5 heterocycles. The van der Waals surface area contributed by atoms with Gasteiger partial charge < -0.3 is 15.1 Å². The van der Waals surface area contributed by atoms with Crippen molar-refractivity contribution >= 4 is 40.8 Å². The van der Waals surface area contributed by atoms with Crippen LogP contribution in [0.25, 0.3) is 17.3 Å². The maximum absolute atomic E-state index is 11.8. The molecule has 40 heavy (non-hydrogen) atoms. The Morgan fingerprint density at radius 1 is 1.18 bits per heavy atom. The molecule has 0 saturated carbocycles. The van der Waals surface area contributed by atoms with Crippen molar-refractivity contribution in [3.05, 3.63) is 64.6 Å². The minimum atomic E-state index is -0.397. The number of nitrogens with one attached hydrogen (secondary N) is 2. The highest BCUT2D eigenvalue weighted by Crippen LogP contribution is 2.26. The van der Waals surface area contributed by atoms with Gasteiger partial charge in [-0.2, -0.15) is 5.26 Å². The van der Waals surface area contributed by atoms with E-state index in [4.69, 9.17) is 0 Å². The molecule has 2 saturated heterocycles. The van der Waals surface area contributed by atoms with Gasteiger partial charge >= 0.3 is 0 Å². The van der Waals surface area contributed by atoms with E-state index in [1.165, 1.54) is 0 Å². The summed E-state index contributed by atoms with van der Waals surface area (Å²) in [5.41, 5.74) is 3.55. The van der Waals surface area contributed by atoms with E-state index in [-0.39, 0.29) is 5.24 Å². The quantitative estimate of drug-likeness (QED) is 0.396. The molecule has 204 valence electrons. The van der Waals surface area contributed by atoms with Crippen LogP contribution in [0.5, 0.6) is 0 Å². The smallest absolute Gasteiger partial charge is 0.290 e. The van der Waals surface area contributed by atoms with Gasteiger partial charge in [0.15, 0.2) is 0 Å². The highest BCUT2D eigenvalue weighted by Gasteiger charge is 2.26. The molecular weight excluding hydrogens is 526 g/mol. The van der Waals surface area contributed by atoms with E-state index >= 15 is 0 Å². The first-order chi connectivity index (χ1) is 19.4. The summed E-state index contributed by atoms with van der Waals surface area (Å²) < 4.78 is 0. The zero-order valence-corrected chi connectivity index (χ0v) is 23.1. The number of hydrogen-bond donors (Lipinski definition) is 2. The van der Waals surface area contributed by atoms with Crippen LogP contribution < -0.4 is 20.4 Å². The van der Waals surface area contributed by atoms with Crippen molar-refractivity contribution in [3.8, 4) is 17.3 Å². The summed E-state index contributed by atoms with van der Waals surface area (Å²) >= 11 is 0.876. The summed E-state index contributed by atoms with van der Waals surface area (Å²) in [4.78, 5) is 45.6. The highest BCUT2D eigenvalue weighted by atomic mass is 32.2. The Morgan fingerprint density at radius 3 is 2.67 bits per heavy atom. The van der Waals surface area contributed by atoms with Crippen LogP contribution in [-0.2, 0) is 11.3 Å². The van der Waals surface area contributed by atoms with Crippen LogP contribution in [0.2, 0.25) is 0 Å². The number of aromatic nitrogens is 4. The molecule has 0 aromatic carbocycles. The van der Waals surface area contributed by atoms with E-state index in [1.54, 1.807) is 24.5 Å². The third-order valence-corrected chi connectivity index (χ3v) is 7.60. The lowest BCUT2D eigenvalue weighted by Crippen LogP contribution is -2.38. The summed E-state index contributed by atoms with van der Waals surface area (Å²) in [7, 11) is 3.87. The normalized spacial score (nSPS) is 16.7. The van der Waals surface area contributed by atoms with Gasteiger partial charge in [0.2, 0.25) is 5.95 Å². The number of carbonyl (C=O) groups excluding carboxylic acids is 2. The number of carbonyl (C=O) groups is 2. The van der Waals surface area contributed by atoms with E-state index in [1.807, 2.05) is 43.4 Å². The highest BCUT2D eigenvalue weighted by molar-refractivity contribution is 8.18. The van der Waals surface area contributed by atoms with Gasteiger partial charge in [0, 0.05) is 57.9 Å². The van der Waals surface area contributed by atoms with E-state index in [9.17, 15) is 14.9 Å². The van der Waals surface area contributed by atoms with Gasteiger partial charge in [0.25, 0.3) is 11.1 Å². The summed E-state index contributed by atoms with van der Waals surface area (Å²) in [6, 6.07) is 9.74. The lowest BCUT2D eigenvalue weighted by molar-refractivity contribution is -0.115. The molecule has 2 aliphatic rings. The fourth-order valence-corrected chi connectivity index (χ4v) is 5.29. The molecule has 0 aliphatic carbocycles. The molecule has 12 heteroatoms. The monoisotopic (exact) mass is 555 g/mol. The van der Waals surface area contributed by atoms with Gasteiger partial charge in [0.1, 0.15) is 11.9 Å². The molecule has 0 spiro atoms. The van der Waals surface area contributed by atoms with Crippen LogP contribution >= 0.6 is 11.8 Å². The van der Waals surface area contributed by atoms with Crippen molar-refractivity contribution in [2.75, 3.05) is 43.5 Å². The second-order valence-corrected chi connectivity index (χ2v) is 10.9. The average molecular weight is 556 g/mol. The number of piperidine rings is 1. The van der Waals surface area contributed by atoms with Gasteiger partial charge in [-0.3, -0.25) is 19.9 Å². The number of thioether (sulfide) groups is 1. The molecule has 5 rings (SSSR count). The van der Waals surface area contributed by atoms with Crippen molar-refractivity contribution < 1.29 is 9.59 Å². The van der Waals surface area contributed by atoms with Crippen molar-refractivity contribution in [1.29, 1.82) is 5.26 Å². The first-order valence-corrected chi connectivity index (χ1v) is 13.8. The van der Waals surface area contributed by atoms with Crippen LogP contribution in [0.4, 0.5) is 16.6 Å². The van der Waals surface area contributed by atoms with Crippen LogP contribution in [0.15, 0.2) is 47.8 Å². The van der Waals surface area contributed by atoms with Gasteiger partial charge in [-0.25, -0.2) is 15.0 Å². The summed E-state index contributed by atoms with van der Waals surface area (Å²) in [5, 5.41) is 15.1. The predicted octanol–water partition coefficient (Wildman–Crippen LogP) is 3.20. The summed E-state index contributed by atoms with van der Waals surface area (Å²) in [6.07, 6.45) is 8.83. The summed E-state index contributed by atoms with van der Waals surface area (Å²) in [5.74, 6) is 1.58. The molecule has 2 fully saturated rings. The SMILES string of the molecule is CN(C)c1ccc(-c2ncc(CNCC3CCN(c4nccc(/C=C5\SC(=O)NC5=O)n4)CC3)cc2C#N)cn1. The van der Waals surface area contributed by atoms with Gasteiger partial charge in [-0.15, -0.1) is 0 Å². The number of amides is 2. The number of imide groups is 1. The van der Waals surface area contributed by atoms with Crippen molar-refractivity contribution in [3.63, 3.8) is 0 Å². The molecule has 0 unspecified atom stereocenters. The molecule has 0 atom stereocenters. The third-order valence-electron chi connectivity index (χ3n) is 6.79. The standard InChI is InChI=1S/C28H29N9O2S/c1-36(2)24-4-3-20(17-32-24)25-21(13-29)11-19(16-33-25)15-30-14-18-6-9-37(10-7-18)27-31-8-5-22(34-27)12-23-26(38)35-28(39)40-23/h3-5,8,11-12,16-18,30H,6-7,9-10,14-15H2,1-2H3,(H,35,38,39)/b23-12-. The van der Waals surface area contributed by atoms with Crippen LogP contribution in [0.1, 0.15) is 29.7 Å². The second-order valence-electron chi connectivity index (χ2n) is 9.85. The zero-order valence-electron chi connectivity index (χ0n) is 22.3. The topological polar surface area (TPSA) is 140 Å². The van der Waals surface area contributed by atoms with E-state index in [0.717, 1.165) is 61.2 Å². The molecule has 0 bridgehead atoms. The maximum atomic E-state index is 11.8. The van der Waals surface area contributed by atoms with E-state index in [2.05, 4.69) is 41.5 Å². The van der Waals surface area contributed by atoms with Gasteiger partial charge in [-0.1, -0.05) is 0 Å². The Bertz CT molecular complexity index is 1480. The number of hydrogen-bond acceptors (Lipinski definition) is 11. The molecule has 3 aromatic rings. The average Bonchev–Trinajstić information content (AvgIpc) is 3.29. The number of rotatable bonds is 8. The third kappa shape index (κ3) is 6.44. The number of anilines is 2. The lowest BCUT2D eigenvalue weighted by atomic mass is 9.97. The largest absolute Gasteiger partial charge is 0.363 e. The number of nitrogens with zero attached hydrogens (tertiary/aromatic N) is 7. The van der Waals surface area contributed by atoms with Crippen molar-refractivity contribution in [2.24, 2.45) is 5.92 Å². The minimum absolute atomic E-state index is 0.335. The van der Waals surface area contributed by atoms with Crippen LogP contribution in [-0.4, -0.2) is 64.8 Å². The van der Waals surface area contributed by atoms with Crippen molar-refractivity contribution in [2.45, 2.75) is 19.4 Å². The number of nitriles is 1. The zero-order chi connectivity index (χ0) is 28.1. The Morgan fingerprint density at radius 2 is 2.00 bits per heavy atom. The molecule has 2 N–H and O–H groups in total. The molecule has 3 aromatic heterocycles. The molecule has 2 aliphatic heterocycles. The Kier molecular flexibility index (Phi) is 8.33. The van der Waals surface area contributed by atoms with Crippen molar-refractivity contribution in [1.82, 2.24) is 30.6 Å². The van der Waals surface area contributed by atoms with E-state index < -0.39 is 5.91 Å². The Hall–Kier alpha value is -4.34. The first-order valence-electron chi connectivity index (χ1n) is 13.0. The van der Waals surface area contributed by atoms with Gasteiger partial charge in [0.05, 0.1) is 21.9 Å².